The van der Waals surface area contributed by atoms with E-state index in [0.717, 1.165) is 6.42 Å². The number of ether oxygens (including phenoxy) is 2. The van der Waals surface area contributed by atoms with Gasteiger partial charge in [0.1, 0.15) is 6.54 Å². The molecule has 1 unspecified atom stereocenters. The van der Waals surface area contributed by atoms with Crippen LogP contribution in [0.2, 0.25) is 0 Å². The van der Waals surface area contributed by atoms with Crippen molar-refractivity contribution in [3.63, 3.8) is 0 Å². The molecular weight excluding hydrogens is 306 g/mol. The standard InChI is InChI=1S/C18H21N3O3/c1-3-23-18(8-9-22-12-18)17-20-19-16(24-17)11-21-13(2)10-14-6-4-5-7-15(14)21/h4-7,10H,3,8-9,11-12H2,1-2H3. The summed E-state index contributed by atoms with van der Waals surface area (Å²) in [4.78, 5) is 0. The van der Waals surface area contributed by atoms with Crippen LogP contribution in [-0.2, 0) is 21.6 Å². The Hall–Kier alpha value is -2.18. The molecule has 1 fully saturated rings. The molecule has 24 heavy (non-hydrogen) atoms. The van der Waals surface area contributed by atoms with Crippen LogP contribution in [0.3, 0.4) is 0 Å². The van der Waals surface area contributed by atoms with Crippen molar-refractivity contribution in [1.29, 1.82) is 0 Å². The highest BCUT2D eigenvalue weighted by Gasteiger charge is 2.42. The highest BCUT2D eigenvalue weighted by molar-refractivity contribution is 5.81. The summed E-state index contributed by atoms with van der Waals surface area (Å²) >= 11 is 0. The van der Waals surface area contributed by atoms with Gasteiger partial charge in [0.15, 0.2) is 5.60 Å². The van der Waals surface area contributed by atoms with Crippen LogP contribution in [0, 0.1) is 6.92 Å². The van der Waals surface area contributed by atoms with Gasteiger partial charge >= 0.3 is 0 Å². The molecule has 6 heteroatoms. The van der Waals surface area contributed by atoms with E-state index in [4.69, 9.17) is 13.9 Å². The summed E-state index contributed by atoms with van der Waals surface area (Å²) in [5.41, 5.74) is 1.74. The maximum atomic E-state index is 5.95. The summed E-state index contributed by atoms with van der Waals surface area (Å²) in [5, 5.41) is 9.69. The molecule has 126 valence electrons. The van der Waals surface area contributed by atoms with E-state index in [0.29, 0.717) is 38.1 Å². The first-order valence-electron chi connectivity index (χ1n) is 8.31. The van der Waals surface area contributed by atoms with Gasteiger partial charge in [-0.15, -0.1) is 10.2 Å². The van der Waals surface area contributed by atoms with Gasteiger partial charge in [-0.2, -0.15) is 0 Å². The smallest absolute Gasteiger partial charge is 0.250 e. The molecule has 6 nitrogen and oxygen atoms in total. The van der Waals surface area contributed by atoms with Crippen LogP contribution in [0.4, 0.5) is 0 Å². The topological polar surface area (TPSA) is 62.3 Å². The molecule has 0 bridgehead atoms. The molecule has 1 aliphatic rings. The van der Waals surface area contributed by atoms with Crippen LogP contribution >= 0.6 is 0 Å². The Morgan fingerprint density at radius 3 is 2.96 bits per heavy atom. The maximum Gasteiger partial charge on any atom is 0.250 e. The molecule has 1 atom stereocenters. The number of para-hydroxylation sites is 1. The van der Waals surface area contributed by atoms with Crippen molar-refractivity contribution >= 4 is 10.9 Å². The fraction of sp³-hybridized carbons (Fsp3) is 0.444. The van der Waals surface area contributed by atoms with Crippen LogP contribution in [0.15, 0.2) is 34.7 Å². The fourth-order valence-electron chi connectivity index (χ4n) is 3.36. The van der Waals surface area contributed by atoms with Gasteiger partial charge in [-0.3, -0.25) is 0 Å². The van der Waals surface area contributed by atoms with Crippen molar-refractivity contribution in [3.8, 4) is 0 Å². The average molecular weight is 327 g/mol. The van der Waals surface area contributed by atoms with Gasteiger partial charge in [0.25, 0.3) is 5.89 Å². The molecule has 1 aromatic carbocycles. The Morgan fingerprint density at radius 1 is 1.29 bits per heavy atom. The van der Waals surface area contributed by atoms with Crippen molar-refractivity contribution in [2.75, 3.05) is 19.8 Å². The van der Waals surface area contributed by atoms with Crippen LogP contribution in [-0.4, -0.2) is 34.6 Å². The molecule has 1 aliphatic heterocycles. The molecule has 4 rings (SSSR count). The fourth-order valence-corrected chi connectivity index (χ4v) is 3.36. The van der Waals surface area contributed by atoms with Gasteiger partial charge in [-0.1, -0.05) is 18.2 Å². The molecule has 3 aromatic rings. The summed E-state index contributed by atoms with van der Waals surface area (Å²) in [6.07, 6.45) is 0.744. The monoisotopic (exact) mass is 327 g/mol. The molecule has 0 radical (unpaired) electrons. The molecule has 0 N–H and O–H groups in total. The summed E-state index contributed by atoms with van der Waals surface area (Å²) in [5.74, 6) is 1.10. The highest BCUT2D eigenvalue weighted by Crippen LogP contribution is 2.33. The van der Waals surface area contributed by atoms with Crippen molar-refractivity contribution in [2.45, 2.75) is 32.4 Å². The lowest BCUT2D eigenvalue weighted by Gasteiger charge is -2.22. The van der Waals surface area contributed by atoms with Crippen molar-refractivity contribution < 1.29 is 13.9 Å². The Balaban J connectivity index is 1.64. The van der Waals surface area contributed by atoms with Crippen LogP contribution < -0.4 is 0 Å². The number of nitrogens with zero attached hydrogens (tertiary/aromatic N) is 3. The van der Waals surface area contributed by atoms with E-state index in [-0.39, 0.29) is 0 Å². The molecule has 0 saturated carbocycles. The zero-order valence-electron chi connectivity index (χ0n) is 14.0. The van der Waals surface area contributed by atoms with E-state index in [1.165, 1.54) is 16.6 Å². The lowest BCUT2D eigenvalue weighted by molar-refractivity contribution is -0.0665. The normalized spacial score (nSPS) is 20.9. The second-order valence-electron chi connectivity index (χ2n) is 6.16. The third kappa shape index (κ3) is 2.52. The molecule has 0 aliphatic carbocycles. The number of aromatic nitrogens is 3. The van der Waals surface area contributed by atoms with Crippen LogP contribution in [0.1, 0.15) is 30.8 Å². The first kappa shape index (κ1) is 15.4. The van der Waals surface area contributed by atoms with E-state index in [1.807, 2.05) is 19.1 Å². The number of rotatable bonds is 5. The van der Waals surface area contributed by atoms with E-state index < -0.39 is 5.60 Å². The number of fused-ring (bicyclic) bond motifs is 1. The lowest BCUT2D eigenvalue weighted by atomic mass is 10.0. The largest absolute Gasteiger partial charge is 0.420 e. The highest BCUT2D eigenvalue weighted by atomic mass is 16.6. The summed E-state index contributed by atoms with van der Waals surface area (Å²) in [7, 11) is 0. The lowest BCUT2D eigenvalue weighted by Crippen LogP contribution is -2.30. The van der Waals surface area contributed by atoms with Gasteiger partial charge in [0.05, 0.1) is 13.2 Å². The van der Waals surface area contributed by atoms with Crippen LogP contribution in [0.25, 0.3) is 10.9 Å². The third-order valence-corrected chi connectivity index (χ3v) is 4.57. The predicted molar refractivity (Wildman–Crippen MR) is 88.8 cm³/mol. The Kier molecular flexibility index (Phi) is 3.86. The molecule has 3 heterocycles. The number of benzene rings is 1. The summed E-state index contributed by atoms with van der Waals surface area (Å²) in [6.45, 7) is 6.31. The van der Waals surface area contributed by atoms with E-state index >= 15 is 0 Å². The van der Waals surface area contributed by atoms with E-state index in [2.05, 4.69) is 39.9 Å². The van der Waals surface area contributed by atoms with Crippen LogP contribution in [0.5, 0.6) is 0 Å². The molecule has 0 amide bonds. The maximum absolute atomic E-state index is 5.95. The number of hydrogen-bond donors (Lipinski definition) is 0. The predicted octanol–water partition coefficient (Wildman–Crippen LogP) is 3.03. The molecule has 2 aromatic heterocycles. The number of aryl methyl sites for hydroxylation is 1. The van der Waals surface area contributed by atoms with Gasteiger partial charge in [0.2, 0.25) is 5.89 Å². The second kappa shape index (κ2) is 6.03. The zero-order chi connectivity index (χ0) is 16.6. The average Bonchev–Trinajstić information content (AvgIpc) is 3.29. The molecule has 1 saturated heterocycles. The van der Waals surface area contributed by atoms with Crippen molar-refractivity contribution in [1.82, 2.24) is 14.8 Å². The molecular formula is C18H21N3O3. The minimum atomic E-state index is -0.589. The zero-order valence-corrected chi connectivity index (χ0v) is 14.0. The van der Waals surface area contributed by atoms with E-state index in [1.54, 1.807) is 0 Å². The molecule has 0 spiro atoms. The first-order valence-corrected chi connectivity index (χ1v) is 8.31. The Morgan fingerprint density at radius 2 is 2.17 bits per heavy atom. The summed E-state index contributed by atoms with van der Waals surface area (Å²) < 4.78 is 19.5. The van der Waals surface area contributed by atoms with Crippen molar-refractivity contribution in [2.24, 2.45) is 0 Å². The summed E-state index contributed by atoms with van der Waals surface area (Å²) in [6, 6.07) is 10.5. The van der Waals surface area contributed by atoms with Gasteiger partial charge in [0, 0.05) is 24.2 Å². The SMILES string of the molecule is CCOC1(c2nnc(Cn3c(C)cc4ccccc43)o2)CCOC1. The minimum Gasteiger partial charge on any atom is -0.420 e. The third-order valence-electron chi connectivity index (χ3n) is 4.57. The minimum absolute atomic E-state index is 0.466. The van der Waals surface area contributed by atoms with E-state index in [9.17, 15) is 0 Å². The first-order chi connectivity index (χ1) is 11.7. The second-order valence-corrected chi connectivity index (χ2v) is 6.16. The Bertz CT molecular complexity index is 846. The van der Waals surface area contributed by atoms with Gasteiger partial charge in [-0.25, -0.2) is 0 Å². The quantitative estimate of drug-likeness (QED) is 0.721. The van der Waals surface area contributed by atoms with Gasteiger partial charge in [-0.05, 0) is 31.4 Å². The Labute approximate surface area is 140 Å². The van der Waals surface area contributed by atoms with Crippen molar-refractivity contribution in [3.05, 3.63) is 47.8 Å². The van der Waals surface area contributed by atoms with Gasteiger partial charge < -0.3 is 18.5 Å². The number of hydrogen-bond acceptors (Lipinski definition) is 5.